The molecule has 0 amide bonds. The van der Waals surface area contributed by atoms with Crippen molar-refractivity contribution in [3.8, 4) is 0 Å². The number of ether oxygens (including phenoxy) is 1. The first-order valence-electron chi connectivity index (χ1n) is 5.58. The van der Waals surface area contributed by atoms with Crippen LogP contribution in [0.2, 0.25) is 0 Å². The van der Waals surface area contributed by atoms with Gasteiger partial charge in [0.05, 0.1) is 13.0 Å². The van der Waals surface area contributed by atoms with Crippen molar-refractivity contribution in [1.29, 1.82) is 0 Å². The van der Waals surface area contributed by atoms with Crippen LogP contribution in [0.4, 0.5) is 0 Å². The molecule has 0 fully saturated rings. The molecule has 4 heteroatoms. The number of hydrogen-bond donors (Lipinski definition) is 1. The van der Waals surface area contributed by atoms with Gasteiger partial charge >= 0.3 is 5.97 Å². The lowest BCUT2D eigenvalue weighted by molar-refractivity contribution is -0.143. The predicted octanol–water partition coefficient (Wildman–Crippen LogP) is 2.74. The molecule has 16 heavy (non-hydrogen) atoms. The van der Waals surface area contributed by atoms with Crippen LogP contribution in [0.15, 0.2) is 17.5 Å². The molecule has 0 spiro atoms. The van der Waals surface area contributed by atoms with Crippen molar-refractivity contribution in [2.45, 2.75) is 39.3 Å². The molecule has 90 valence electrons. The topological polar surface area (TPSA) is 38.3 Å². The molecule has 1 aromatic heterocycles. The molecule has 0 aliphatic heterocycles. The van der Waals surface area contributed by atoms with Crippen molar-refractivity contribution in [3.05, 3.63) is 22.4 Å². The van der Waals surface area contributed by atoms with Crippen molar-refractivity contribution in [2.75, 3.05) is 6.61 Å². The van der Waals surface area contributed by atoms with Crippen LogP contribution in [0.5, 0.6) is 0 Å². The van der Waals surface area contributed by atoms with E-state index in [1.807, 2.05) is 19.9 Å². The highest BCUT2D eigenvalue weighted by atomic mass is 32.1. The fourth-order valence-electron chi connectivity index (χ4n) is 1.58. The SMILES string of the molecule is CCOC(=O)CC(C)NC(C)c1cccs1. The van der Waals surface area contributed by atoms with E-state index in [1.54, 1.807) is 11.3 Å². The Balaban J connectivity index is 2.34. The fourth-order valence-corrected chi connectivity index (χ4v) is 2.32. The molecule has 0 saturated carbocycles. The Morgan fingerprint density at radius 2 is 2.31 bits per heavy atom. The number of thiophene rings is 1. The summed E-state index contributed by atoms with van der Waals surface area (Å²) in [5, 5.41) is 5.44. The Labute approximate surface area is 101 Å². The zero-order valence-electron chi connectivity index (χ0n) is 10.0. The van der Waals surface area contributed by atoms with Gasteiger partial charge in [-0.3, -0.25) is 4.79 Å². The average molecular weight is 241 g/mol. The Morgan fingerprint density at radius 3 is 2.88 bits per heavy atom. The van der Waals surface area contributed by atoms with E-state index in [9.17, 15) is 4.79 Å². The fraction of sp³-hybridized carbons (Fsp3) is 0.583. The van der Waals surface area contributed by atoms with E-state index >= 15 is 0 Å². The van der Waals surface area contributed by atoms with Gasteiger partial charge in [0, 0.05) is 17.0 Å². The van der Waals surface area contributed by atoms with Crippen LogP contribution < -0.4 is 5.32 Å². The number of hydrogen-bond acceptors (Lipinski definition) is 4. The summed E-state index contributed by atoms with van der Waals surface area (Å²) in [7, 11) is 0. The van der Waals surface area contributed by atoms with Crippen LogP contribution in [0.3, 0.4) is 0 Å². The molecule has 0 bridgehead atoms. The predicted molar refractivity (Wildman–Crippen MR) is 66.6 cm³/mol. The number of carbonyl (C=O) groups is 1. The van der Waals surface area contributed by atoms with E-state index in [2.05, 4.69) is 23.7 Å². The molecule has 3 nitrogen and oxygen atoms in total. The largest absolute Gasteiger partial charge is 0.466 e. The van der Waals surface area contributed by atoms with Crippen molar-refractivity contribution in [1.82, 2.24) is 5.32 Å². The van der Waals surface area contributed by atoms with E-state index in [0.717, 1.165) is 0 Å². The Bertz CT molecular complexity index is 311. The molecular formula is C12H19NO2S. The quantitative estimate of drug-likeness (QED) is 0.778. The number of rotatable bonds is 6. The highest BCUT2D eigenvalue weighted by Crippen LogP contribution is 2.18. The smallest absolute Gasteiger partial charge is 0.307 e. The van der Waals surface area contributed by atoms with Gasteiger partial charge in [0.2, 0.25) is 0 Å². The first-order valence-corrected chi connectivity index (χ1v) is 6.46. The number of carbonyl (C=O) groups excluding carboxylic acids is 1. The Hall–Kier alpha value is -0.870. The maximum atomic E-state index is 11.3. The van der Waals surface area contributed by atoms with Crippen LogP contribution in [0.25, 0.3) is 0 Å². The molecule has 0 aromatic carbocycles. The third-order valence-corrected chi connectivity index (χ3v) is 3.34. The van der Waals surface area contributed by atoms with Crippen molar-refractivity contribution >= 4 is 17.3 Å². The summed E-state index contributed by atoms with van der Waals surface area (Å²) >= 11 is 1.72. The van der Waals surface area contributed by atoms with Gasteiger partial charge in [-0.05, 0) is 32.2 Å². The molecule has 0 saturated heterocycles. The minimum absolute atomic E-state index is 0.135. The maximum absolute atomic E-state index is 11.3. The zero-order chi connectivity index (χ0) is 12.0. The first kappa shape index (κ1) is 13.2. The summed E-state index contributed by atoms with van der Waals surface area (Å²) in [6.45, 7) is 6.38. The number of esters is 1. The van der Waals surface area contributed by atoms with Crippen LogP contribution in [0.1, 0.15) is 38.1 Å². The lowest BCUT2D eigenvalue weighted by Gasteiger charge is -2.18. The third-order valence-electron chi connectivity index (χ3n) is 2.28. The van der Waals surface area contributed by atoms with Gasteiger partial charge in [-0.15, -0.1) is 11.3 Å². The highest BCUT2D eigenvalue weighted by molar-refractivity contribution is 7.10. The lowest BCUT2D eigenvalue weighted by Crippen LogP contribution is -2.31. The van der Waals surface area contributed by atoms with Gasteiger partial charge in [-0.2, -0.15) is 0 Å². The molecule has 0 aliphatic rings. The van der Waals surface area contributed by atoms with E-state index in [-0.39, 0.29) is 18.1 Å². The second kappa shape index (κ2) is 6.66. The Morgan fingerprint density at radius 1 is 1.56 bits per heavy atom. The second-order valence-corrected chi connectivity index (χ2v) is 4.79. The van der Waals surface area contributed by atoms with E-state index in [4.69, 9.17) is 4.74 Å². The van der Waals surface area contributed by atoms with E-state index in [0.29, 0.717) is 13.0 Å². The molecule has 2 atom stereocenters. The third kappa shape index (κ3) is 4.33. The molecular weight excluding hydrogens is 222 g/mol. The summed E-state index contributed by atoms with van der Waals surface area (Å²) in [5.74, 6) is -0.138. The normalized spacial score (nSPS) is 14.4. The van der Waals surface area contributed by atoms with Crippen molar-refractivity contribution in [3.63, 3.8) is 0 Å². The van der Waals surface area contributed by atoms with Gasteiger partial charge in [0.1, 0.15) is 0 Å². The molecule has 1 aromatic rings. The molecule has 1 heterocycles. The van der Waals surface area contributed by atoms with Crippen molar-refractivity contribution in [2.24, 2.45) is 0 Å². The first-order chi connectivity index (χ1) is 7.63. The van der Waals surface area contributed by atoms with Crippen LogP contribution >= 0.6 is 11.3 Å². The standard InChI is InChI=1S/C12H19NO2S/c1-4-15-12(14)8-9(2)13-10(3)11-6-5-7-16-11/h5-7,9-10,13H,4,8H2,1-3H3. The zero-order valence-corrected chi connectivity index (χ0v) is 10.8. The number of nitrogens with one attached hydrogen (secondary N) is 1. The van der Waals surface area contributed by atoms with E-state index < -0.39 is 0 Å². The summed E-state index contributed by atoms with van der Waals surface area (Å²) in [4.78, 5) is 12.5. The molecule has 0 radical (unpaired) electrons. The Kier molecular flexibility index (Phi) is 5.49. The molecule has 1 rings (SSSR count). The summed E-state index contributed by atoms with van der Waals surface area (Å²) in [6, 6.07) is 4.55. The monoisotopic (exact) mass is 241 g/mol. The highest BCUT2D eigenvalue weighted by Gasteiger charge is 2.13. The van der Waals surface area contributed by atoms with Gasteiger partial charge in [-0.1, -0.05) is 6.07 Å². The molecule has 0 aliphatic carbocycles. The maximum Gasteiger partial charge on any atom is 0.307 e. The second-order valence-electron chi connectivity index (χ2n) is 3.81. The molecule has 1 N–H and O–H groups in total. The minimum atomic E-state index is -0.138. The van der Waals surface area contributed by atoms with Gasteiger partial charge < -0.3 is 10.1 Å². The average Bonchev–Trinajstić information content (AvgIpc) is 2.69. The molecule has 2 unspecified atom stereocenters. The van der Waals surface area contributed by atoms with E-state index in [1.165, 1.54) is 4.88 Å². The van der Waals surface area contributed by atoms with Crippen LogP contribution in [-0.2, 0) is 9.53 Å². The summed E-state index contributed by atoms with van der Waals surface area (Å²) in [6.07, 6.45) is 0.420. The summed E-state index contributed by atoms with van der Waals surface area (Å²) < 4.78 is 4.91. The van der Waals surface area contributed by atoms with Crippen LogP contribution in [-0.4, -0.2) is 18.6 Å². The van der Waals surface area contributed by atoms with Gasteiger partial charge in [0.15, 0.2) is 0 Å². The minimum Gasteiger partial charge on any atom is -0.466 e. The summed E-state index contributed by atoms with van der Waals surface area (Å²) in [5.41, 5.74) is 0. The van der Waals surface area contributed by atoms with Crippen molar-refractivity contribution < 1.29 is 9.53 Å². The van der Waals surface area contributed by atoms with Gasteiger partial charge in [0.25, 0.3) is 0 Å². The van der Waals surface area contributed by atoms with Crippen LogP contribution in [0, 0.1) is 0 Å². The van der Waals surface area contributed by atoms with Gasteiger partial charge in [-0.25, -0.2) is 0 Å². The lowest BCUT2D eigenvalue weighted by atomic mass is 10.2.